The van der Waals surface area contributed by atoms with Gasteiger partial charge < -0.3 is 4.74 Å². The molecule has 0 aromatic heterocycles. The van der Waals surface area contributed by atoms with E-state index in [0.29, 0.717) is 0 Å². The van der Waals surface area contributed by atoms with Gasteiger partial charge in [0, 0.05) is 6.04 Å². The number of alkyl halides is 1. The van der Waals surface area contributed by atoms with Gasteiger partial charge in [0.05, 0.1) is 12.4 Å². The Labute approximate surface area is 118 Å². The number of amides is 1. The maximum atomic E-state index is 11.9. The third-order valence-electron chi connectivity index (χ3n) is 2.56. The third kappa shape index (κ3) is 5.30. The minimum Gasteiger partial charge on any atom is -0.445 e. The summed E-state index contributed by atoms with van der Waals surface area (Å²) in [4.78, 5) is 24.6. The molecule has 0 aliphatic carbocycles. The monoisotopic (exact) mass is 283 g/mol. The molecule has 0 atom stereocenters. The number of halogens is 1. The maximum Gasteiger partial charge on any atom is 0.410 e. The number of Topliss-reactive ketones (excluding diaryl/α,β-unsaturated/α-hetero) is 1. The number of ketones is 1. The molecule has 0 heterocycles. The SMILES string of the molecule is CC(C)N(CC(=O)CCl)C(=O)OCc1ccccc1. The van der Waals surface area contributed by atoms with Crippen LogP contribution >= 0.6 is 11.6 Å². The molecular formula is C14H18ClNO3. The highest BCUT2D eigenvalue weighted by molar-refractivity contribution is 6.28. The van der Waals surface area contributed by atoms with E-state index in [0.717, 1.165) is 5.56 Å². The summed E-state index contributed by atoms with van der Waals surface area (Å²) in [6.07, 6.45) is -0.502. The molecule has 19 heavy (non-hydrogen) atoms. The van der Waals surface area contributed by atoms with Crippen LogP contribution in [0.25, 0.3) is 0 Å². The quantitative estimate of drug-likeness (QED) is 0.754. The molecule has 0 radical (unpaired) electrons. The second-order valence-electron chi connectivity index (χ2n) is 4.43. The normalized spacial score (nSPS) is 10.3. The molecule has 0 saturated carbocycles. The van der Waals surface area contributed by atoms with Crippen LogP contribution in [-0.4, -0.2) is 35.2 Å². The van der Waals surface area contributed by atoms with E-state index < -0.39 is 6.09 Å². The van der Waals surface area contributed by atoms with Crippen molar-refractivity contribution in [3.63, 3.8) is 0 Å². The van der Waals surface area contributed by atoms with Crippen molar-refractivity contribution in [1.82, 2.24) is 4.90 Å². The van der Waals surface area contributed by atoms with Crippen molar-refractivity contribution in [2.45, 2.75) is 26.5 Å². The van der Waals surface area contributed by atoms with Crippen molar-refractivity contribution in [2.24, 2.45) is 0 Å². The average Bonchev–Trinajstić information content (AvgIpc) is 2.42. The van der Waals surface area contributed by atoms with Crippen LogP contribution < -0.4 is 0 Å². The molecule has 0 aliphatic heterocycles. The number of nitrogens with zero attached hydrogens (tertiary/aromatic N) is 1. The van der Waals surface area contributed by atoms with Gasteiger partial charge in [-0.25, -0.2) is 4.79 Å². The molecule has 1 amide bonds. The van der Waals surface area contributed by atoms with Crippen LogP contribution in [0.2, 0.25) is 0 Å². The molecule has 1 aromatic rings. The first-order valence-electron chi connectivity index (χ1n) is 6.09. The molecule has 0 unspecified atom stereocenters. The molecule has 1 aromatic carbocycles. The Morgan fingerprint density at radius 1 is 1.26 bits per heavy atom. The van der Waals surface area contributed by atoms with E-state index in [1.165, 1.54) is 4.90 Å². The first-order valence-corrected chi connectivity index (χ1v) is 6.63. The van der Waals surface area contributed by atoms with Gasteiger partial charge in [-0.15, -0.1) is 11.6 Å². The van der Waals surface area contributed by atoms with Gasteiger partial charge in [-0.05, 0) is 19.4 Å². The summed E-state index contributed by atoms with van der Waals surface area (Å²) in [5.74, 6) is -0.304. The van der Waals surface area contributed by atoms with Gasteiger partial charge >= 0.3 is 6.09 Å². The Kier molecular flexibility index (Phi) is 6.36. The maximum absolute atomic E-state index is 11.9. The number of carbonyl (C=O) groups is 2. The van der Waals surface area contributed by atoms with Gasteiger partial charge in [-0.2, -0.15) is 0 Å². The smallest absolute Gasteiger partial charge is 0.410 e. The number of hydrogen-bond donors (Lipinski definition) is 0. The number of hydrogen-bond acceptors (Lipinski definition) is 3. The predicted molar refractivity (Wildman–Crippen MR) is 74.2 cm³/mol. The molecule has 0 bridgehead atoms. The number of benzene rings is 1. The summed E-state index contributed by atoms with van der Waals surface area (Å²) >= 11 is 5.45. The molecule has 104 valence electrons. The van der Waals surface area contributed by atoms with Crippen LogP contribution in [0.4, 0.5) is 4.79 Å². The lowest BCUT2D eigenvalue weighted by atomic mass is 10.2. The largest absolute Gasteiger partial charge is 0.445 e. The minimum absolute atomic E-state index is 0.0191. The number of rotatable bonds is 6. The van der Waals surface area contributed by atoms with Crippen LogP contribution in [0.5, 0.6) is 0 Å². The van der Waals surface area contributed by atoms with Crippen LogP contribution in [0, 0.1) is 0 Å². The summed E-state index contributed by atoms with van der Waals surface area (Å²) in [5.41, 5.74) is 0.906. The zero-order chi connectivity index (χ0) is 14.3. The number of carbonyl (C=O) groups excluding carboxylic acids is 2. The van der Waals surface area contributed by atoms with Crippen LogP contribution in [0.15, 0.2) is 30.3 Å². The molecule has 0 spiro atoms. The van der Waals surface area contributed by atoms with Gasteiger partial charge in [-0.1, -0.05) is 30.3 Å². The Bertz CT molecular complexity index is 420. The van der Waals surface area contributed by atoms with E-state index in [2.05, 4.69) is 0 Å². The van der Waals surface area contributed by atoms with Gasteiger partial charge in [0.25, 0.3) is 0 Å². The molecule has 5 heteroatoms. The molecule has 1 rings (SSSR count). The first-order chi connectivity index (χ1) is 9.04. The van der Waals surface area contributed by atoms with Gasteiger partial charge in [0.1, 0.15) is 6.61 Å². The average molecular weight is 284 g/mol. The lowest BCUT2D eigenvalue weighted by molar-refractivity contribution is -0.118. The highest BCUT2D eigenvalue weighted by Crippen LogP contribution is 2.06. The van der Waals surface area contributed by atoms with Crippen molar-refractivity contribution < 1.29 is 14.3 Å². The van der Waals surface area contributed by atoms with Crippen LogP contribution in [0.3, 0.4) is 0 Å². The lowest BCUT2D eigenvalue weighted by Crippen LogP contribution is -2.41. The lowest BCUT2D eigenvalue weighted by Gasteiger charge is -2.24. The molecule has 4 nitrogen and oxygen atoms in total. The molecule has 0 fully saturated rings. The second-order valence-corrected chi connectivity index (χ2v) is 4.70. The fraction of sp³-hybridized carbons (Fsp3) is 0.429. The standard InChI is InChI=1S/C14H18ClNO3/c1-11(2)16(9-13(17)8-15)14(18)19-10-12-6-4-3-5-7-12/h3-7,11H,8-10H2,1-2H3. The highest BCUT2D eigenvalue weighted by atomic mass is 35.5. The van der Waals surface area contributed by atoms with Crippen LogP contribution in [0.1, 0.15) is 19.4 Å². The first kappa shape index (κ1) is 15.5. The molecular weight excluding hydrogens is 266 g/mol. The summed E-state index contributed by atoms with van der Waals surface area (Å²) in [5, 5.41) is 0. The molecule has 0 N–H and O–H groups in total. The van der Waals surface area contributed by atoms with Crippen LogP contribution in [-0.2, 0) is 16.1 Å². The van der Waals surface area contributed by atoms with Gasteiger partial charge in [0.15, 0.2) is 5.78 Å². The topological polar surface area (TPSA) is 46.6 Å². The molecule has 0 saturated heterocycles. The Balaban J connectivity index is 2.55. The van der Waals surface area contributed by atoms with Crippen molar-refractivity contribution in [2.75, 3.05) is 12.4 Å². The van der Waals surface area contributed by atoms with Crippen molar-refractivity contribution >= 4 is 23.5 Å². The summed E-state index contributed by atoms with van der Waals surface area (Å²) in [6, 6.07) is 9.27. The van der Waals surface area contributed by atoms with Gasteiger partial charge in [-0.3, -0.25) is 9.69 Å². The van der Waals surface area contributed by atoms with Crippen molar-refractivity contribution in [3.05, 3.63) is 35.9 Å². The van der Waals surface area contributed by atoms with Gasteiger partial charge in [0.2, 0.25) is 0 Å². The van der Waals surface area contributed by atoms with E-state index in [9.17, 15) is 9.59 Å². The zero-order valence-electron chi connectivity index (χ0n) is 11.1. The third-order valence-corrected chi connectivity index (χ3v) is 2.86. The summed E-state index contributed by atoms with van der Waals surface area (Å²) in [7, 11) is 0. The Morgan fingerprint density at radius 2 is 1.89 bits per heavy atom. The molecule has 0 aliphatic rings. The van der Waals surface area contributed by atoms with E-state index >= 15 is 0 Å². The second kappa shape index (κ2) is 7.79. The highest BCUT2D eigenvalue weighted by Gasteiger charge is 2.21. The van der Waals surface area contributed by atoms with Crippen molar-refractivity contribution in [3.8, 4) is 0 Å². The minimum atomic E-state index is -0.502. The fourth-order valence-electron chi connectivity index (χ4n) is 1.49. The van der Waals surface area contributed by atoms with Crippen molar-refractivity contribution in [1.29, 1.82) is 0 Å². The zero-order valence-corrected chi connectivity index (χ0v) is 11.9. The Hall–Kier alpha value is -1.55. The van der Waals surface area contributed by atoms with E-state index in [1.807, 2.05) is 44.2 Å². The van der Waals surface area contributed by atoms with E-state index in [4.69, 9.17) is 16.3 Å². The van der Waals surface area contributed by atoms with E-state index in [1.54, 1.807) is 0 Å². The fourth-order valence-corrected chi connectivity index (χ4v) is 1.58. The number of ether oxygens (including phenoxy) is 1. The summed E-state index contributed by atoms with van der Waals surface area (Å²) < 4.78 is 5.19. The summed E-state index contributed by atoms with van der Waals surface area (Å²) in [6.45, 7) is 3.82. The van der Waals surface area contributed by atoms with E-state index in [-0.39, 0.29) is 30.9 Å². The predicted octanol–water partition coefficient (Wildman–Crippen LogP) is 2.84. The Morgan fingerprint density at radius 3 is 2.42 bits per heavy atom.